The zero-order valence-corrected chi connectivity index (χ0v) is 10.9. The van der Waals surface area contributed by atoms with Crippen molar-refractivity contribution in [1.29, 1.82) is 0 Å². The van der Waals surface area contributed by atoms with Gasteiger partial charge in [0.15, 0.2) is 0 Å². The van der Waals surface area contributed by atoms with Crippen LogP contribution in [0.5, 0.6) is 0 Å². The van der Waals surface area contributed by atoms with E-state index in [0.29, 0.717) is 0 Å². The summed E-state index contributed by atoms with van der Waals surface area (Å²) >= 11 is 0. The van der Waals surface area contributed by atoms with Crippen LogP contribution in [0.4, 0.5) is 4.79 Å². The van der Waals surface area contributed by atoms with E-state index >= 15 is 0 Å². The van der Waals surface area contributed by atoms with Crippen molar-refractivity contribution in [3.05, 3.63) is 0 Å². The topological polar surface area (TPSA) is 91.3 Å². The minimum absolute atomic E-state index is 0.102. The lowest BCUT2D eigenvalue weighted by Crippen LogP contribution is -2.26. The number of hydrogen-bond acceptors (Lipinski definition) is 7. The summed E-state index contributed by atoms with van der Waals surface area (Å²) in [4.78, 5) is 21.5. The van der Waals surface area contributed by atoms with Crippen molar-refractivity contribution in [3.63, 3.8) is 0 Å². The fraction of sp³-hybridized carbons (Fsp3) is 0.818. The Morgan fingerprint density at radius 2 is 1.78 bits per heavy atom. The summed E-state index contributed by atoms with van der Waals surface area (Å²) < 4.78 is 19.4. The molecule has 0 aliphatic heterocycles. The van der Waals surface area contributed by atoms with Crippen LogP contribution < -0.4 is 0 Å². The third-order valence-corrected chi connectivity index (χ3v) is 1.75. The van der Waals surface area contributed by atoms with Gasteiger partial charge in [0.05, 0.1) is 19.3 Å². The molecule has 18 heavy (non-hydrogen) atoms. The van der Waals surface area contributed by atoms with Gasteiger partial charge in [-0.15, -0.1) is 0 Å². The van der Waals surface area contributed by atoms with Gasteiger partial charge in [0.2, 0.25) is 0 Å². The summed E-state index contributed by atoms with van der Waals surface area (Å²) in [5, 5.41) is 8.43. The van der Waals surface area contributed by atoms with E-state index in [1.54, 1.807) is 13.8 Å². The minimum atomic E-state index is -0.854. The van der Waals surface area contributed by atoms with Crippen LogP contribution in [0.3, 0.4) is 0 Å². The van der Waals surface area contributed by atoms with Crippen LogP contribution in [0.25, 0.3) is 0 Å². The van der Waals surface area contributed by atoms with Crippen LogP contribution in [0.1, 0.15) is 20.8 Å². The second-order valence-corrected chi connectivity index (χ2v) is 3.70. The number of esters is 1. The monoisotopic (exact) mass is 264 g/mol. The fourth-order valence-corrected chi connectivity index (χ4v) is 0.944. The highest BCUT2D eigenvalue weighted by molar-refractivity contribution is 5.65. The predicted octanol–water partition coefficient (Wildman–Crippen LogP) is 0.489. The van der Waals surface area contributed by atoms with Gasteiger partial charge in [-0.2, -0.15) is 0 Å². The van der Waals surface area contributed by atoms with Crippen molar-refractivity contribution in [3.8, 4) is 0 Å². The molecule has 0 aromatic rings. The molecule has 2 unspecified atom stereocenters. The number of aliphatic hydroxyl groups excluding tert-OH is 1. The molecule has 0 bridgehead atoms. The number of rotatable bonds is 8. The average Bonchev–Trinajstić information content (AvgIpc) is 2.31. The molecule has 0 rings (SSSR count). The van der Waals surface area contributed by atoms with Gasteiger partial charge in [0.1, 0.15) is 19.3 Å². The third-order valence-electron chi connectivity index (χ3n) is 1.75. The molecule has 0 saturated heterocycles. The third kappa shape index (κ3) is 9.86. The van der Waals surface area contributed by atoms with Crippen molar-refractivity contribution in [2.45, 2.75) is 33.0 Å². The first-order chi connectivity index (χ1) is 8.45. The van der Waals surface area contributed by atoms with Crippen molar-refractivity contribution in [1.82, 2.24) is 0 Å². The summed E-state index contributed by atoms with van der Waals surface area (Å²) in [6.07, 6.45) is -1.63. The van der Waals surface area contributed by atoms with E-state index in [-0.39, 0.29) is 38.5 Å². The molecule has 0 saturated carbocycles. The van der Waals surface area contributed by atoms with E-state index in [0.717, 1.165) is 0 Å². The first-order valence-electron chi connectivity index (χ1n) is 5.65. The Hall–Kier alpha value is -1.34. The van der Waals surface area contributed by atoms with Gasteiger partial charge in [0, 0.05) is 6.92 Å². The molecule has 0 amide bonds. The Balaban J connectivity index is 3.65. The molecule has 0 aliphatic rings. The maximum Gasteiger partial charge on any atom is 0.508 e. The lowest BCUT2D eigenvalue weighted by atomic mass is 10.4. The lowest BCUT2D eigenvalue weighted by Gasteiger charge is -2.17. The van der Waals surface area contributed by atoms with Crippen molar-refractivity contribution in [2.75, 3.05) is 26.4 Å². The Morgan fingerprint density at radius 3 is 2.33 bits per heavy atom. The number of hydrogen-bond donors (Lipinski definition) is 1. The van der Waals surface area contributed by atoms with Crippen LogP contribution in [0.15, 0.2) is 0 Å². The van der Waals surface area contributed by atoms with Gasteiger partial charge in [-0.1, -0.05) is 0 Å². The molecule has 7 nitrogen and oxygen atoms in total. The lowest BCUT2D eigenvalue weighted by molar-refractivity contribution is -0.145. The standard InChI is InChI=1S/C11H20O7/c1-8(6-17-10(3)13)16-7-9(2)18-11(14)15-5-4-12/h8-9,12H,4-7H2,1-3H3. The van der Waals surface area contributed by atoms with Gasteiger partial charge in [-0.3, -0.25) is 4.79 Å². The maximum absolute atomic E-state index is 11.0. The summed E-state index contributed by atoms with van der Waals surface area (Å²) in [5.74, 6) is -0.373. The average molecular weight is 264 g/mol. The molecule has 0 aromatic heterocycles. The van der Waals surface area contributed by atoms with Crippen LogP contribution in [0.2, 0.25) is 0 Å². The molecule has 106 valence electrons. The first-order valence-corrected chi connectivity index (χ1v) is 5.65. The highest BCUT2D eigenvalue weighted by Crippen LogP contribution is 1.99. The van der Waals surface area contributed by atoms with Crippen molar-refractivity contribution >= 4 is 12.1 Å². The number of carbonyl (C=O) groups is 2. The Morgan fingerprint density at radius 1 is 1.11 bits per heavy atom. The highest BCUT2D eigenvalue weighted by atomic mass is 16.7. The fourth-order valence-electron chi connectivity index (χ4n) is 0.944. The SMILES string of the molecule is CC(=O)OCC(C)OCC(C)OC(=O)OCCO. The summed E-state index contributed by atoms with van der Waals surface area (Å²) in [6, 6.07) is 0. The molecule has 0 spiro atoms. The van der Waals surface area contributed by atoms with E-state index < -0.39 is 12.3 Å². The molecule has 0 radical (unpaired) electrons. The number of carbonyl (C=O) groups excluding carboxylic acids is 2. The number of ether oxygens (including phenoxy) is 4. The summed E-state index contributed by atoms with van der Waals surface area (Å²) in [5.41, 5.74) is 0. The van der Waals surface area contributed by atoms with E-state index in [9.17, 15) is 9.59 Å². The molecule has 0 aromatic carbocycles. The van der Waals surface area contributed by atoms with Gasteiger partial charge in [0.25, 0.3) is 0 Å². The quantitative estimate of drug-likeness (QED) is 0.638. The van der Waals surface area contributed by atoms with Gasteiger partial charge >= 0.3 is 12.1 Å². The number of aliphatic hydroxyl groups is 1. The highest BCUT2D eigenvalue weighted by Gasteiger charge is 2.13. The van der Waals surface area contributed by atoms with E-state index in [2.05, 4.69) is 4.74 Å². The van der Waals surface area contributed by atoms with Crippen LogP contribution >= 0.6 is 0 Å². The molecule has 1 N–H and O–H groups in total. The second-order valence-electron chi connectivity index (χ2n) is 3.70. The Labute approximate surface area is 106 Å². The van der Waals surface area contributed by atoms with Crippen LogP contribution in [-0.4, -0.2) is 55.9 Å². The zero-order valence-electron chi connectivity index (χ0n) is 10.9. The first kappa shape index (κ1) is 16.7. The molecule has 0 heterocycles. The van der Waals surface area contributed by atoms with Crippen molar-refractivity contribution in [2.24, 2.45) is 0 Å². The van der Waals surface area contributed by atoms with Gasteiger partial charge < -0.3 is 24.1 Å². The van der Waals surface area contributed by atoms with E-state index in [4.69, 9.17) is 19.3 Å². The normalized spacial score (nSPS) is 13.6. The minimum Gasteiger partial charge on any atom is -0.463 e. The van der Waals surface area contributed by atoms with Gasteiger partial charge in [-0.25, -0.2) is 4.79 Å². The molecule has 7 heteroatoms. The largest absolute Gasteiger partial charge is 0.508 e. The van der Waals surface area contributed by atoms with Crippen molar-refractivity contribution < 1.29 is 33.6 Å². The Kier molecular flexibility index (Phi) is 8.95. The molecular weight excluding hydrogens is 244 g/mol. The second kappa shape index (κ2) is 9.67. The molecule has 0 aliphatic carbocycles. The molecular formula is C11H20O7. The molecule has 0 fully saturated rings. The summed E-state index contributed by atoms with van der Waals surface area (Å²) in [7, 11) is 0. The maximum atomic E-state index is 11.0. The van der Waals surface area contributed by atoms with E-state index in [1.807, 2.05) is 0 Å². The summed E-state index contributed by atoms with van der Waals surface area (Å²) in [6.45, 7) is 4.65. The van der Waals surface area contributed by atoms with Crippen LogP contribution in [0, 0.1) is 0 Å². The zero-order chi connectivity index (χ0) is 14.0. The smallest absolute Gasteiger partial charge is 0.463 e. The van der Waals surface area contributed by atoms with Gasteiger partial charge in [-0.05, 0) is 13.8 Å². The molecule has 2 atom stereocenters. The predicted molar refractivity (Wildman–Crippen MR) is 61.0 cm³/mol. The Bertz CT molecular complexity index is 254. The van der Waals surface area contributed by atoms with Crippen LogP contribution in [-0.2, 0) is 23.7 Å². The van der Waals surface area contributed by atoms with E-state index in [1.165, 1.54) is 6.92 Å².